The lowest BCUT2D eigenvalue weighted by molar-refractivity contribution is 0.284. The SMILES string of the molecule is COc1cc(C#N)c(NC=C(C#N)C#N)cc1OCc1ccccc1. The first-order valence-electron chi connectivity index (χ1n) is 7.27. The minimum atomic E-state index is -0.105. The number of hydrogen-bond acceptors (Lipinski definition) is 6. The molecule has 0 bridgehead atoms. The fraction of sp³-hybridized carbons (Fsp3) is 0.105. The van der Waals surface area contributed by atoms with Crippen molar-refractivity contribution in [3.63, 3.8) is 0 Å². The number of nitriles is 3. The minimum Gasteiger partial charge on any atom is -0.493 e. The van der Waals surface area contributed by atoms with Crippen LogP contribution in [0.3, 0.4) is 0 Å². The van der Waals surface area contributed by atoms with Crippen molar-refractivity contribution < 1.29 is 9.47 Å². The normalized spacial score (nSPS) is 9.04. The average molecular weight is 330 g/mol. The molecule has 0 saturated carbocycles. The van der Waals surface area contributed by atoms with Gasteiger partial charge in [0, 0.05) is 18.3 Å². The highest BCUT2D eigenvalue weighted by Gasteiger charge is 2.12. The molecule has 2 aromatic rings. The summed E-state index contributed by atoms with van der Waals surface area (Å²) in [5, 5.41) is 29.6. The molecule has 6 heteroatoms. The molecule has 122 valence electrons. The molecule has 0 aromatic heterocycles. The van der Waals surface area contributed by atoms with Gasteiger partial charge in [-0.25, -0.2) is 0 Å². The number of hydrogen-bond donors (Lipinski definition) is 1. The van der Waals surface area contributed by atoms with E-state index < -0.39 is 0 Å². The van der Waals surface area contributed by atoms with Gasteiger partial charge in [-0.15, -0.1) is 0 Å². The van der Waals surface area contributed by atoms with Crippen LogP contribution in [0.15, 0.2) is 54.2 Å². The first kappa shape index (κ1) is 17.4. The molecule has 0 amide bonds. The molecule has 0 heterocycles. The highest BCUT2D eigenvalue weighted by Crippen LogP contribution is 2.34. The van der Waals surface area contributed by atoms with E-state index >= 15 is 0 Å². The van der Waals surface area contributed by atoms with Crippen molar-refractivity contribution in [2.45, 2.75) is 6.61 Å². The van der Waals surface area contributed by atoms with Crippen LogP contribution in [-0.4, -0.2) is 7.11 Å². The summed E-state index contributed by atoms with van der Waals surface area (Å²) in [7, 11) is 1.49. The second-order valence-electron chi connectivity index (χ2n) is 4.86. The van der Waals surface area contributed by atoms with E-state index in [1.165, 1.54) is 19.4 Å². The Morgan fingerprint density at radius 3 is 2.40 bits per heavy atom. The Morgan fingerprint density at radius 2 is 1.80 bits per heavy atom. The van der Waals surface area contributed by atoms with Gasteiger partial charge in [0.25, 0.3) is 0 Å². The molecule has 0 radical (unpaired) electrons. The summed E-state index contributed by atoms with van der Waals surface area (Å²) in [5.74, 6) is 0.861. The van der Waals surface area contributed by atoms with Crippen molar-refractivity contribution in [2.75, 3.05) is 12.4 Å². The predicted molar refractivity (Wildman–Crippen MR) is 91.4 cm³/mol. The van der Waals surface area contributed by atoms with Gasteiger partial charge in [-0.3, -0.25) is 0 Å². The van der Waals surface area contributed by atoms with Gasteiger partial charge in [0.1, 0.15) is 30.4 Å². The first-order valence-corrected chi connectivity index (χ1v) is 7.27. The van der Waals surface area contributed by atoms with E-state index in [1.54, 1.807) is 18.2 Å². The summed E-state index contributed by atoms with van der Waals surface area (Å²) in [6.07, 6.45) is 1.24. The van der Waals surface area contributed by atoms with E-state index in [0.29, 0.717) is 29.4 Å². The minimum absolute atomic E-state index is 0.105. The number of methoxy groups -OCH3 is 1. The van der Waals surface area contributed by atoms with E-state index in [-0.39, 0.29) is 5.57 Å². The molecule has 0 aliphatic carbocycles. The van der Waals surface area contributed by atoms with Crippen LogP contribution < -0.4 is 14.8 Å². The largest absolute Gasteiger partial charge is 0.493 e. The number of rotatable bonds is 6. The van der Waals surface area contributed by atoms with Gasteiger partial charge in [0.15, 0.2) is 11.5 Å². The Hall–Kier alpha value is -3.95. The predicted octanol–water partition coefficient (Wildman–Crippen LogP) is 3.49. The van der Waals surface area contributed by atoms with Crippen LogP contribution in [0.2, 0.25) is 0 Å². The number of nitrogens with one attached hydrogen (secondary N) is 1. The van der Waals surface area contributed by atoms with Crippen molar-refractivity contribution in [2.24, 2.45) is 0 Å². The first-order chi connectivity index (χ1) is 12.2. The van der Waals surface area contributed by atoms with Gasteiger partial charge in [-0.1, -0.05) is 30.3 Å². The summed E-state index contributed by atoms with van der Waals surface area (Å²) < 4.78 is 11.1. The zero-order chi connectivity index (χ0) is 18.1. The Bertz CT molecular complexity index is 884. The smallest absolute Gasteiger partial charge is 0.163 e. The van der Waals surface area contributed by atoms with Gasteiger partial charge >= 0.3 is 0 Å². The zero-order valence-corrected chi connectivity index (χ0v) is 13.5. The van der Waals surface area contributed by atoms with Gasteiger partial charge in [0.05, 0.1) is 18.4 Å². The summed E-state index contributed by atoms with van der Waals surface area (Å²) in [6, 6.07) is 18.3. The van der Waals surface area contributed by atoms with Crippen molar-refractivity contribution >= 4 is 5.69 Å². The highest BCUT2D eigenvalue weighted by atomic mass is 16.5. The third-order valence-electron chi connectivity index (χ3n) is 3.27. The summed E-state index contributed by atoms with van der Waals surface area (Å²) in [4.78, 5) is 0. The van der Waals surface area contributed by atoms with Crippen LogP contribution in [-0.2, 0) is 6.61 Å². The maximum Gasteiger partial charge on any atom is 0.163 e. The van der Waals surface area contributed by atoms with Crippen LogP contribution in [0.4, 0.5) is 5.69 Å². The van der Waals surface area contributed by atoms with Gasteiger partial charge in [0.2, 0.25) is 0 Å². The van der Waals surface area contributed by atoms with E-state index in [4.69, 9.17) is 20.0 Å². The molecular formula is C19H14N4O2. The number of nitrogens with zero attached hydrogens (tertiary/aromatic N) is 3. The molecule has 0 spiro atoms. The standard InChI is InChI=1S/C19H14N4O2/c1-24-18-7-16(11-22)17(23-12-15(9-20)10-21)8-19(18)25-13-14-5-3-2-4-6-14/h2-8,12,23H,13H2,1H3. The molecule has 2 aromatic carbocycles. The molecule has 0 fully saturated rings. The fourth-order valence-electron chi connectivity index (χ4n) is 2.02. The Kier molecular flexibility index (Phi) is 6.00. The number of allylic oxidation sites excluding steroid dienone is 1. The van der Waals surface area contributed by atoms with E-state index in [2.05, 4.69) is 5.32 Å². The third kappa shape index (κ3) is 4.51. The number of benzene rings is 2. The maximum atomic E-state index is 9.28. The molecule has 0 aliphatic heterocycles. The van der Waals surface area contributed by atoms with Gasteiger partial charge in [-0.05, 0) is 5.56 Å². The Labute approximate surface area is 145 Å². The topological polar surface area (TPSA) is 102 Å². The van der Waals surface area contributed by atoms with E-state index in [0.717, 1.165) is 5.56 Å². The monoisotopic (exact) mass is 330 g/mol. The highest BCUT2D eigenvalue weighted by molar-refractivity contribution is 5.66. The van der Waals surface area contributed by atoms with Crippen LogP contribution in [0, 0.1) is 34.0 Å². The van der Waals surface area contributed by atoms with Gasteiger partial charge in [-0.2, -0.15) is 15.8 Å². The third-order valence-corrected chi connectivity index (χ3v) is 3.27. The quantitative estimate of drug-likeness (QED) is 0.813. The Morgan fingerprint density at radius 1 is 1.08 bits per heavy atom. The average Bonchev–Trinajstić information content (AvgIpc) is 2.67. The van der Waals surface area contributed by atoms with Crippen molar-refractivity contribution in [3.8, 4) is 29.7 Å². The molecule has 0 unspecified atom stereocenters. The molecule has 0 aliphatic rings. The summed E-state index contributed by atoms with van der Waals surface area (Å²) >= 11 is 0. The van der Waals surface area contributed by atoms with Crippen LogP contribution >= 0.6 is 0 Å². The van der Waals surface area contributed by atoms with E-state index in [9.17, 15) is 5.26 Å². The van der Waals surface area contributed by atoms with Crippen molar-refractivity contribution in [3.05, 3.63) is 65.4 Å². The summed E-state index contributed by atoms with van der Waals surface area (Å²) in [5.41, 5.74) is 1.59. The molecule has 6 nitrogen and oxygen atoms in total. The van der Waals surface area contributed by atoms with E-state index in [1.807, 2.05) is 36.4 Å². The van der Waals surface area contributed by atoms with Crippen LogP contribution in [0.1, 0.15) is 11.1 Å². The second kappa shape index (κ2) is 8.62. The van der Waals surface area contributed by atoms with Crippen molar-refractivity contribution in [1.82, 2.24) is 0 Å². The maximum absolute atomic E-state index is 9.28. The van der Waals surface area contributed by atoms with Crippen LogP contribution in [0.5, 0.6) is 11.5 Å². The lowest BCUT2D eigenvalue weighted by Gasteiger charge is -2.14. The summed E-state index contributed by atoms with van der Waals surface area (Å²) in [6.45, 7) is 0.333. The van der Waals surface area contributed by atoms with Crippen molar-refractivity contribution in [1.29, 1.82) is 15.8 Å². The molecule has 2 rings (SSSR count). The van der Waals surface area contributed by atoms with Crippen LogP contribution in [0.25, 0.3) is 0 Å². The number of ether oxygens (including phenoxy) is 2. The molecule has 0 saturated heterocycles. The molecule has 25 heavy (non-hydrogen) atoms. The zero-order valence-electron chi connectivity index (χ0n) is 13.5. The second-order valence-corrected chi connectivity index (χ2v) is 4.86. The lowest BCUT2D eigenvalue weighted by atomic mass is 10.1. The Balaban J connectivity index is 2.31. The molecular weight excluding hydrogens is 316 g/mol. The lowest BCUT2D eigenvalue weighted by Crippen LogP contribution is -2.00. The van der Waals surface area contributed by atoms with Gasteiger partial charge < -0.3 is 14.8 Å². The fourth-order valence-corrected chi connectivity index (χ4v) is 2.02. The molecule has 1 N–H and O–H groups in total. The number of anilines is 1. The molecule has 0 atom stereocenters.